The van der Waals surface area contributed by atoms with Gasteiger partial charge in [-0.3, -0.25) is 0 Å². The molecule has 0 amide bonds. The molecule has 0 nitrogen and oxygen atoms in total. The Balaban J connectivity index is 3.07. The molecule has 0 heterocycles. The third-order valence-electron chi connectivity index (χ3n) is 2.07. The van der Waals surface area contributed by atoms with Gasteiger partial charge in [-0.15, -0.1) is 0 Å². The van der Waals surface area contributed by atoms with Crippen LogP contribution in [-0.2, 0) is 0 Å². The Morgan fingerprint density at radius 2 is 1.83 bits per heavy atom. The van der Waals surface area contributed by atoms with Crippen molar-refractivity contribution < 1.29 is 13.2 Å². The SMILES string of the molecule is CC1=CCCC(C)=C1C(F)(F)F. The van der Waals surface area contributed by atoms with E-state index in [1.807, 2.05) is 0 Å². The van der Waals surface area contributed by atoms with Crippen molar-refractivity contribution >= 4 is 0 Å². The van der Waals surface area contributed by atoms with Gasteiger partial charge >= 0.3 is 6.18 Å². The smallest absolute Gasteiger partial charge is 0.166 e. The fourth-order valence-corrected chi connectivity index (χ4v) is 1.53. The van der Waals surface area contributed by atoms with E-state index in [4.69, 9.17) is 0 Å². The van der Waals surface area contributed by atoms with E-state index in [1.54, 1.807) is 13.0 Å². The first kappa shape index (κ1) is 9.36. The molecule has 0 fully saturated rings. The van der Waals surface area contributed by atoms with E-state index in [0.29, 0.717) is 17.6 Å². The molecular weight excluding hydrogens is 165 g/mol. The maximum atomic E-state index is 12.3. The van der Waals surface area contributed by atoms with E-state index in [-0.39, 0.29) is 0 Å². The molecule has 1 aliphatic carbocycles. The second kappa shape index (κ2) is 2.96. The Bertz CT molecular complexity index is 243. The standard InChI is InChI=1S/C9H11F3/c1-6-4-3-5-7(2)8(6)9(10,11)12/h4H,3,5H2,1-2H3. The highest BCUT2D eigenvalue weighted by Gasteiger charge is 2.36. The highest BCUT2D eigenvalue weighted by Crippen LogP contribution is 2.37. The lowest BCUT2D eigenvalue weighted by Crippen LogP contribution is -2.16. The summed E-state index contributed by atoms with van der Waals surface area (Å²) in [4.78, 5) is 0. The maximum Gasteiger partial charge on any atom is 0.416 e. The molecule has 0 aromatic heterocycles. The van der Waals surface area contributed by atoms with Crippen LogP contribution in [0, 0.1) is 0 Å². The minimum absolute atomic E-state index is 0.367. The zero-order valence-electron chi connectivity index (χ0n) is 7.13. The molecule has 0 saturated heterocycles. The van der Waals surface area contributed by atoms with Gasteiger partial charge in [0.15, 0.2) is 0 Å². The van der Waals surface area contributed by atoms with E-state index in [1.165, 1.54) is 6.92 Å². The first-order chi connectivity index (χ1) is 5.43. The van der Waals surface area contributed by atoms with Gasteiger partial charge in [0.25, 0.3) is 0 Å². The van der Waals surface area contributed by atoms with Gasteiger partial charge in [-0.2, -0.15) is 13.2 Å². The lowest BCUT2D eigenvalue weighted by Gasteiger charge is -2.19. The van der Waals surface area contributed by atoms with Gasteiger partial charge in [-0.1, -0.05) is 11.6 Å². The van der Waals surface area contributed by atoms with Gasteiger partial charge in [0.2, 0.25) is 0 Å². The van der Waals surface area contributed by atoms with E-state index in [0.717, 1.165) is 6.42 Å². The van der Waals surface area contributed by atoms with Crippen molar-refractivity contribution in [3.63, 3.8) is 0 Å². The summed E-state index contributed by atoms with van der Waals surface area (Å²) in [6.45, 7) is 3.07. The number of alkyl halides is 3. The van der Waals surface area contributed by atoms with Gasteiger partial charge in [0.05, 0.1) is 5.57 Å². The zero-order valence-corrected chi connectivity index (χ0v) is 7.13. The molecule has 0 aromatic carbocycles. The predicted octanol–water partition coefficient (Wildman–Crippen LogP) is 3.61. The fourth-order valence-electron chi connectivity index (χ4n) is 1.53. The first-order valence-electron chi connectivity index (χ1n) is 3.87. The van der Waals surface area contributed by atoms with Crippen molar-refractivity contribution in [1.82, 2.24) is 0 Å². The summed E-state index contributed by atoms with van der Waals surface area (Å²) in [7, 11) is 0. The van der Waals surface area contributed by atoms with Crippen molar-refractivity contribution in [2.45, 2.75) is 32.9 Å². The number of halogens is 3. The maximum absolute atomic E-state index is 12.3. The number of hydrogen-bond donors (Lipinski definition) is 0. The molecule has 0 N–H and O–H groups in total. The molecule has 0 aromatic rings. The minimum atomic E-state index is -4.18. The number of hydrogen-bond acceptors (Lipinski definition) is 0. The Morgan fingerprint density at radius 1 is 1.25 bits per heavy atom. The monoisotopic (exact) mass is 176 g/mol. The summed E-state index contributed by atoms with van der Waals surface area (Å²) >= 11 is 0. The molecule has 0 unspecified atom stereocenters. The van der Waals surface area contributed by atoms with Crippen LogP contribution in [0.1, 0.15) is 26.7 Å². The summed E-state index contributed by atoms with van der Waals surface area (Å²) in [5.41, 5.74) is 0.405. The van der Waals surface area contributed by atoms with Crippen LogP contribution >= 0.6 is 0 Å². The summed E-state index contributed by atoms with van der Waals surface area (Å²) in [6, 6.07) is 0. The quantitative estimate of drug-likeness (QED) is 0.529. The summed E-state index contributed by atoms with van der Waals surface area (Å²) in [5.74, 6) is 0. The number of allylic oxidation sites excluding steroid dienone is 4. The molecule has 0 atom stereocenters. The van der Waals surface area contributed by atoms with Gasteiger partial charge < -0.3 is 0 Å². The van der Waals surface area contributed by atoms with E-state index >= 15 is 0 Å². The van der Waals surface area contributed by atoms with E-state index in [2.05, 4.69) is 0 Å². The Kier molecular flexibility index (Phi) is 2.31. The molecule has 0 bridgehead atoms. The fraction of sp³-hybridized carbons (Fsp3) is 0.556. The van der Waals surface area contributed by atoms with Gasteiger partial charge in [0.1, 0.15) is 0 Å². The van der Waals surface area contributed by atoms with Gasteiger partial charge in [0, 0.05) is 0 Å². The summed E-state index contributed by atoms with van der Waals surface area (Å²) in [6.07, 6.45) is -1.26. The minimum Gasteiger partial charge on any atom is -0.166 e. The molecule has 0 spiro atoms. The summed E-state index contributed by atoms with van der Waals surface area (Å²) in [5, 5.41) is 0. The number of rotatable bonds is 0. The van der Waals surface area contributed by atoms with Crippen LogP contribution in [0.5, 0.6) is 0 Å². The lowest BCUT2D eigenvalue weighted by molar-refractivity contribution is -0.0904. The second-order valence-electron chi connectivity index (χ2n) is 3.08. The van der Waals surface area contributed by atoms with E-state index < -0.39 is 11.7 Å². The van der Waals surface area contributed by atoms with Crippen molar-refractivity contribution in [3.05, 3.63) is 22.8 Å². The highest BCUT2D eigenvalue weighted by molar-refractivity contribution is 5.39. The van der Waals surface area contributed by atoms with Gasteiger partial charge in [-0.05, 0) is 32.3 Å². The average Bonchev–Trinajstić information content (AvgIpc) is 1.82. The van der Waals surface area contributed by atoms with E-state index in [9.17, 15) is 13.2 Å². The van der Waals surface area contributed by atoms with Crippen molar-refractivity contribution in [2.24, 2.45) is 0 Å². The summed E-state index contributed by atoms with van der Waals surface area (Å²) < 4.78 is 37.0. The van der Waals surface area contributed by atoms with Crippen LogP contribution in [0.4, 0.5) is 13.2 Å². The topological polar surface area (TPSA) is 0 Å². The molecule has 0 radical (unpaired) electrons. The lowest BCUT2D eigenvalue weighted by atomic mass is 9.92. The molecule has 0 saturated carbocycles. The normalized spacial score (nSPS) is 19.6. The highest BCUT2D eigenvalue weighted by atomic mass is 19.4. The molecule has 1 aliphatic rings. The largest absolute Gasteiger partial charge is 0.416 e. The first-order valence-corrected chi connectivity index (χ1v) is 3.87. The van der Waals surface area contributed by atoms with Crippen molar-refractivity contribution in [3.8, 4) is 0 Å². The van der Waals surface area contributed by atoms with Gasteiger partial charge in [-0.25, -0.2) is 0 Å². The Labute approximate surface area is 69.8 Å². The molecular formula is C9H11F3. The predicted molar refractivity (Wildman–Crippen MR) is 41.7 cm³/mol. The Morgan fingerprint density at radius 3 is 2.17 bits per heavy atom. The third kappa shape index (κ3) is 1.71. The molecule has 0 aliphatic heterocycles. The van der Waals surface area contributed by atoms with Crippen LogP contribution in [-0.4, -0.2) is 6.18 Å². The molecule has 68 valence electrons. The van der Waals surface area contributed by atoms with Crippen LogP contribution < -0.4 is 0 Å². The van der Waals surface area contributed by atoms with Crippen molar-refractivity contribution in [1.29, 1.82) is 0 Å². The van der Waals surface area contributed by atoms with Crippen LogP contribution in [0.25, 0.3) is 0 Å². The van der Waals surface area contributed by atoms with Crippen LogP contribution in [0.2, 0.25) is 0 Å². The molecule has 3 heteroatoms. The molecule has 1 rings (SSSR count). The van der Waals surface area contributed by atoms with Crippen LogP contribution in [0.15, 0.2) is 22.8 Å². The second-order valence-corrected chi connectivity index (χ2v) is 3.08. The zero-order chi connectivity index (χ0) is 9.35. The third-order valence-corrected chi connectivity index (χ3v) is 2.07. The average molecular weight is 176 g/mol. The van der Waals surface area contributed by atoms with Crippen molar-refractivity contribution in [2.75, 3.05) is 0 Å². The molecule has 12 heavy (non-hydrogen) atoms. The Hall–Kier alpha value is -0.730. The van der Waals surface area contributed by atoms with Crippen LogP contribution in [0.3, 0.4) is 0 Å².